The van der Waals surface area contributed by atoms with E-state index in [1.165, 1.54) is 43.4 Å². The summed E-state index contributed by atoms with van der Waals surface area (Å²) in [5.74, 6) is 0.973. The van der Waals surface area contributed by atoms with E-state index in [0.29, 0.717) is 12.6 Å². The van der Waals surface area contributed by atoms with Gasteiger partial charge in [0, 0.05) is 25.7 Å². The Morgan fingerprint density at radius 2 is 1.92 bits per heavy atom. The minimum Gasteiger partial charge on any atom is -0.489 e. The van der Waals surface area contributed by atoms with Gasteiger partial charge in [-0.15, -0.1) is 0 Å². The van der Waals surface area contributed by atoms with Crippen LogP contribution in [0.1, 0.15) is 49.8 Å². The van der Waals surface area contributed by atoms with E-state index in [1.54, 1.807) is 0 Å². The van der Waals surface area contributed by atoms with E-state index in [1.807, 2.05) is 6.07 Å². The maximum atomic E-state index is 6.07. The molecule has 0 saturated carbocycles. The van der Waals surface area contributed by atoms with Gasteiger partial charge in [0.1, 0.15) is 12.4 Å². The van der Waals surface area contributed by atoms with Crippen molar-refractivity contribution in [2.45, 2.75) is 45.3 Å². The molecule has 26 heavy (non-hydrogen) atoms. The standard InChI is InChI=1S/C23H32N2O/c1-2-3-13-23(25-16-8-14-24-15-17-25)21-11-7-12-22(18-21)26-19-20-9-5-4-6-10-20/h4-7,9-12,18,23-24H,2-3,8,13-17,19H2,1H3. The molecule has 3 heteroatoms. The average Bonchev–Trinajstić information content (AvgIpc) is 2.97. The highest BCUT2D eigenvalue weighted by Crippen LogP contribution is 2.29. The van der Waals surface area contributed by atoms with Crippen molar-refractivity contribution in [1.82, 2.24) is 10.2 Å². The van der Waals surface area contributed by atoms with Crippen LogP contribution in [0, 0.1) is 0 Å². The van der Waals surface area contributed by atoms with Gasteiger partial charge in [-0.1, -0.05) is 62.2 Å². The fourth-order valence-corrected chi connectivity index (χ4v) is 3.69. The minimum atomic E-state index is 0.495. The van der Waals surface area contributed by atoms with Crippen LogP contribution >= 0.6 is 0 Å². The molecule has 1 aliphatic rings. The van der Waals surface area contributed by atoms with Crippen molar-refractivity contribution in [2.75, 3.05) is 26.2 Å². The summed E-state index contributed by atoms with van der Waals surface area (Å²) in [5.41, 5.74) is 2.60. The molecule has 0 bridgehead atoms. The largest absolute Gasteiger partial charge is 0.489 e. The number of nitrogens with one attached hydrogen (secondary N) is 1. The Hall–Kier alpha value is -1.84. The van der Waals surface area contributed by atoms with E-state index in [2.05, 4.69) is 65.7 Å². The monoisotopic (exact) mass is 352 g/mol. The molecule has 1 atom stereocenters. The quantitative estimate of drug-likeness (QED) is 0.739. The van der Waals surface area contributed by atoms with Crippen molar-refractivity contribution in [3.63, 3.8) is 0 Å². The summed E-state index contributed by atoms with van der Waals surface area (Å²) in [7, 11) is 0. The number of hydrogen-bond donors (Lipinski definition) is 1. The topological polar surface area (TPSA) is 24.5 Å². The van der Waals surface area contributed by atoms with Crippen LogP contribution in [0.2, 0.25) is 0 Å². The van der Waals surface area contributed by atoms with Gasteiger partial charge in [0.05, 0.1) is 0 Å². The molecule has 0 aliphatic carbocycles. The summed E-state index contributed by atoms with van der Waals surface area (Å²) in [5, 5.41) is 3.52. The van der Waals surface area contributed by atoms with Crippen LogP contribution in [-0.4, -0.2) is 31.1 Å². The summed E-state index contributed by atoms with van der Waals surface area (Å²) in [6, 6.07) is 19.6. The van der Waals surface area contributed by atoms with Gasteiger partial charge in [-0.05, 0) is 42.6 Å². The lowest BCUT2D eigenvalue weighted by Gasteiger charge is -2.31. The molecule has 1 heterocycles. The molecule has 1 saturated heterocycles. The van der Waals surface area contributed by atoms with Crippen LogP contribution in [0.3, 0.4) is 0 Å². The van der Waals surface area contributed by atoms with Gasteiger partial charge < -0.3 is 10.1 Å². The Morgan fingerprint density at radius 3 is 2.77 bits per heavy atom. The Kier molecular flexibility index (Phi) is 7.53. The van der Waals surface area contributed by atoms with Crippen LogP contribution in [0.5, 0.6) is 5.75 Å². The zero-order chi connectivity index (χ0) is 18.0. The molecule has 1 N–H and O–H groups in total. The fraction of sp³-hybridized carbons (Fsp3) is 0.478. The summed E-state index contributed by atoms with van der Waals surface area (Å²) in [6.07, 6.45) is 4.96. The summed E-state index contributed by atoms with van der Waals surface area (Å²) >= 11 is 0. The van der Waals surface area contributed by atoms with Gasteiger partial charge in [-0.2, -0.15) is 0 Å². The number of rotatable bonds is 8. The maximum Gasteiger partial charge on any atom is 0.120 e. The van der Waals surface area contributed by atoms with Gasteiger partial charge in [0.2, 0.25) is 0 Å². The molecule has 140 valence electrons. The first-order chi connectivity index (χ1) is 12.9. The van der Waals surface area contributed by atoms with E-state index < -0.39 is 0 Å². The summed E-state index contributed by atoms with van der Waals surface area (Å²) < 4.78 is 6.07. The predicted molar refractivity (Wildman–Crippen MR) is 109 cm³/mol. The molecule has 0 radical (unpaired) electrons. The minimum absolute atomic E-state index is 0.495. The molecule has 2 aromatic rings. The second kappa shape index (κ2) is 10.3. The highest BCUT2D eigenvalue weighted by molar-refractivity contribution is 5.31. The van der Waals surface area contributed by atoms with E-state index in [4.69, 9.17) is 4.74 Å². The molecular formula is C23H32N2O. The zero-order valence-corrected chi connectivity index (χ0v) is 16.0. The lowest BCUT2D eigenvalue weighted by Crippen LogP contribution is -2.32. The van der Waals surface area contributed by atoms with Crippen LogP contribution in [0.25, 0.3) is 0 Å². The molecule has 0 spiro atoms. The van der Waals surface area contributed by atoms with Crippen molar-refractivity contribution in [2.24, 2.45) is 0 Å². The normalized spacial score (nSPS) is 16.8. The second-order valence-corrected chi connectivity index (χ2v) is 7.14. The Bertz CT molecular complexity index is 636. The third kappa shape index (κ3) is 5.58. The van der Waals surface area contributed by atoms with Crippen LogP contribution in [0.4, 0.5) is 0 Å². The molecule has 1 fully saturated rings. The van der Waals surface area contributed by atoms with Crippen molar-refractivity contribution < 1.29 is 4.74 Å². The molecule has 3 nitrogen and oxygen atoms in total. The third-order valence-electron chi connectivity index (χ3n) is 5.14. The number of ether oxygens (including phenoxy) is 1. The van der Waals surface area contributed by atoms with Crippen molar-refractivity contribution in [3.8, 4) is 5.75 Å². The number of unbranched alkanes of at least 4 members (excludes halogenated alkanes) is 1. The number of nitrogens with zero attached hydrogens (tertiary/aromatic N) is 1. The Labute approximate surface area is 158 Å². The van der Waals surface area contributed by atoms with Gasteiger partial charge in [-0.25, -0.2) is 0 Å². The van der Waals surface area contributed by atoms with E-state index in [-0.39, 0.29) is 0 Å². The SMILES string of the molecule is CCCCC(c1cccc(OCc2ccccc2)c1)N1CCCNCC1. The van der Waals surface area contributed by atoms with E-state index in [0.717, 1.165) is 25.4 Å². The first-order valence-corrected chi connectivity index (χ1v) is 10.1. The Balaban J connectivity index is 1.71. The van der Waals surface area contributed by atoms with Crippen LogP contribution in [-0.2, 0) is 6.61 Å². The third-order valence-corrected chi connectivity index (χ3v) is 5.14. The first-order valence-electron chi connectivity index (χ1n) is 10.1. The zero-order valence-electron chi connectivity index (χ0n) is 16.0. The average molecular weight is 353 g/mol. The van der Waals surface area contributed by atoms with Gasteiger partial charge in [0.25, 0.3) is 0 Å². The lowest BCUT2D eigenvalue weighted by molar-refractivity contribution is 0.196. The lowest BCUT2D eigenvalue weighted by atomic mass is 9.99. The predicted octanol–water partition coefficient (Wildman–Crippen LogP) is 4.79. The maximum absolute atomic E-state index is 6.07. The van der Waals surface area contributed by atoms with Crippen molar-refractivity contribution in [3.05, 3.63) is 65.7 Å². The smallest absolute Gasteiger partial charge is 0.120 e. The van der Waals surface area contributed by atoms with Crippen molar-refractivity contribution in [1.29, 1.82) is 0 Å². The highest BCUT2D eigenvalue weighted by atomic mass is 16.5. The number of hydrogen-bond acceptors (Lipinski definition) is 3. The van der Waals surface area contributed by atoms with Crippen LogP contribution < -0.4 is 10.1 Å². The second-order valence-electron chi connectivity index (χ2n) is 7.14. The highest BCUT2D eigenvalue weighted by Gasteiger charge is 2.21. The molecule has 0 amide bonds. The first kappa shape index (κ1) is 18.9. The van der Waals surface area contributed by atoms with Crippen molar-refractivity contribution >= 4 is 0 Å². The molecule has 0 aromatic heterocycles. The molecule has 1 aliphatic heterocycles. The van der Waals surface area contributed by atoms with Gasteiger partial charge in [0.15, 0.2) is 0 Å². The molecule has 1 unspecified atom stereocenters. The van der Waals surface area contributed by atoms with E-state index in [9.17, 15) is 0 Å². The molecule has 3 rings (SSSR count). The summed E-state index contributed by atoms with van der Waals surface area (Å²) in [4.78, 5) is 2.66. The van der Waals surface area contributed by atoms with Gasteiger partial charge in [-0.3, -0.25) is 4.90 Å². The van der Waals surface area contributed by atoms with Crippen LogP contribution in [0.15, 0.2) is 54.6 Å². The summed E-state index contributed by atoms with van der Waals surface area (Å²) in [6.45, 7) is 7.43. The fourth-order valence-electron chi connectivity index (χ4n) is 3.69. The Morgan fingerprint density at radius 1 is 1.04 bits per heavy atom. The number of benzene rings is 2. The van der Waals surface area contributed by atoms with Gasteiger partial charge >= 0.3 is 0 Å². The molecular weight excluding hydrogens is 320 g/mol. The molecule has 2 aromatic carbocycles. The van der Waals surface area contributed by atoms with E-state index >= 15 is 0 Å².